The van der Waals surface area contributed by atoms with E-state index in [2.05, 4.69) is 5.16 Å². The molecule has 0 saturated carbocycles. The lowest BCUT2D eigenvalue weighted by Gasteiger charge is -2.27. The predicted octanol–water partition coefficient (Wildman–Crippen LogP) is 3.75. The minimum atomic E-state index is -0.681. The van der Waals surface area contributed by atoms with Gasteiger partial charge in [0.2, 0.25) is 0 Å². The average Bonchev–Trinajstić information content (AvgIpc) is 3.15. The Balaban J connectivity index is 1.62. The lowest BCUT2D eigenvalue weighted by Crippen LogP contribution is -2.39. The molecule has 0 spiro atoms. The van der Waals surface area contributed by atoms with E-state index in [1.54, 1.807) is 18.2 Å². The highest BCUT2D eigenvalue weighted by molar-refractivity contribution is 6.01. The van der Waals surface area contributed by atoms with Gasteiger partial charge in [-0.15, -0.1) is 0 Å². The van der Waals surface area contributed by atoms with Gasteiger partial charge < -0.3 is 14.7 Å². The molecule has 0 saturated heterocycles. The van der Waals surface area contributed by atoms with Crippen molar-refractivity contribution in [3.05, 3.63) is 71.3 Å². The summed E-state index contributed by atoms with van der Waals surface area (Å²) in [5, 5.41) is 14.5. The molecule has 2 unspecified atom stereocenters. The van der Waals surface area contributed by atoms with Gasteiger partial charge in [-0.3, -0.25) is 4.90 Å². The van der Waals surface area contributed by atoms with Crippen LogP contribution in [-0.4, -0.2) is 53.7 Å². The molecular formula is C23H28F2N2O3. The smallest absolute Gasteiger partial charge is 0.145 e. The average molecular weight is 418 g/mol. The fourth-order valence-electron chi connectivity index (χ4n) is 3.38. The van der Waals surface area contributed by atoms with Crippen LogP contribution in [0.15, 0.2) is 53.7 Å². The molecule has 162 valence electrons. The van der Waals surface area contributed by atoms with Gasteiger partial charge in [0.1, 0.15) is 17.7 Å². The van der Waals surface area contributed by atoms with Crippen LogP contribution in [0, 0.1) is 11.6 Å². The van der Waals surface area contributed by atoms with Gasteiger partial charge in [0.05, 0.1) is 24.5 Å². The molecule has 2 atom stereocenters. The lowest BCUT2D eigenvalue weighted by atomic mass is 10.0. The van der Waals surface area contributed by atoms with Crippen LogP contribution in [0.1, 0.15) is 31.4 Å². The van der Waals surface area contributed by atoms with Crippen LogP contribution in [0.25, 0.3) is 0 Å². The van der Waals surface area contributed by atoms with Crippen LogP contribution < -0.4 is 0 Å². The lowest BCUT2D eigenvalue weighted by molar-refractivity contribution is -0.0194. The first-order valence-corrected chi connectivity index (χ1v) is 10.1. The van der Waals surface area contributed by atoms with E-state index in [0.717, 1.165) is 16.8 Å². The van der Waals surface area contributed by atoms with E-state index in [9.17, 15) is 13.9 Å². The highest BCUT2D eigenvalue weighted by Crippen LogP contribution is 2.19. The van der Waals surface area contributed by atoms with E-state index in [0.29, 0.717) is 26.1 Å². The number of ether oxygens (including phenoxy) is 1. The normalized spacial score (nSPS) is 17.3. The maximum atomic E-state index is 13.6. The summed E-state index contributed by atoms with van der Waals surface area (Å²) in [6.45, 7) is 5.37. The maximum Gasteiger partial charge on any atom is 0.145 e. The van der Waals surface area contributed by atoms with Gasteiger partial charge in [-0.05, 0) is 49.2 Å². The van der Waals surface area contributed by atoms with E-state index < -0.39 is 6.10 Å². The first-order valence-electron chi connectivity index (χ1n) is 10.1. The Morgan fingerprint density at radius 2 is 1.93 bits per heavy atom. The van der Waals surface area contributed by atoms with Crippen molar-refractivity contribution in [1.29, 1.82) is 0 Å². The fourth-order valence-corrected chi connectivity index (χ4v) is 3.38. The van der Waals surface area contributed by atoms with Crippen LogP contribution in [-0.2, 0) is 16.1 Å². The summed E-state index contributed by atoms with van der Waals surface area (Å²) in [6.07, 6.45) is -0.290. The summed E-state index contributed by atoms with van der Waals surface area (Å²) in [5.41, 5.74) is 2.39. The van der Waals surface area contributed by atoms with Crippen molar-refractivity contribution in [2.45, 2.75) is 45.1 Å². The topological polar surface area (TPSA) is 54.3 Å². The number of rotatable bonds is 10. The first-order chi connectivity index (χ1) is 14.4. The first kappa shape index (κ1) is 22.3. The Bertz CT molecular complexity index is 843. The molecule has 1 aliphatic rings. The fraction of sp³-hybridized carbons (Fsp3) is 0.435. The van der Waals surface area contributed by atoms with Gasteiger partial charge in [0.25, 0.3) is 0 Å². The summed E-state index contributed by atoms with van der Waals surface area (Å²) < 4.78 is 32.3. The molecule has 0 amide bonds. The Kier molecular flexibility index (Phi) is 7.90. The second-order valence-electron chi connectivity index (χ2n) is 7.84. The standard InChI is InChI=1S/C23H28F2N2O3/c1-16(2)29-15-21(28)13-27(12-17-4-3-5-20(25)10-17)14-22-11-23(26-30-22)18-6-8-19(24)9-7-18/h3-10,16,21-22,28H,11-15H2,1-2H3. The molecule has 0 fully saturated rings. The SMILES string of the molecule is CC(C)OCC(O)CN(Cc1cccc(F)c1)CC1CC(c2ccc(F)cc2)=NO1. The predicted molar refractivity (Wildman–Crippen MR) is 111 cm³/mol. The minimum absolute atomic E-state index is 0.0288. The number of aliphatic hydroxyl groups is 1. The monoisotopic (exact) mass is 418 g/mol. The summed E-state index contributed by atoms with van der Waals surface area (Å²) in [5.74, 6) is -0.594. The molecule has 1 N–H and O–H groups in total. The summed E-state index contributed by atoms with van der Waals surface area (Å²) in [4.78, 5) is 7.60. The number of oxime groups is 1. The Hall–Kier alpha value is -2.35. The number of hydrogen-bond donors (Lipinski definition) is 1. The highest BCUT2D eigenvalue weighted by Gasteiger charge is 2.26. The molecule has 0 bridgehead atoms. The number of nitrogens with zero attached hydrogens (tertiary/aromatic N) is 2. The Labute approximate surface area is 175 Å². The zero-order valence-electron chi connectivity index (χ0n) is 17.3. The molecule has 30 heavy (non-hydrogen) atoms. The molecule has 0 aromatic heterocycles. The van der Waals surface area contributed by atoms with Gasteiger partial charge in [0.15, 0.2) is 0 Å². The molecule has 1 heterocycles. The van der Waals surface area contributed by atoms with E-state index in [4.69, 9.17) is 9.57 Å². The summed E-state index contributed by atoms with van der Waals surface area (Å²) >= 11 is 0. The molecule has 0 radical (unpaired) electrons. The third-order valence-corrected chi connectivity index (χ3v) is 4.76. The zero-order valence-corrected chi connectivity index (χ0v) is 17.3. The van der Waals surface area contributed by atoms with Crippen molar-refractivity contribution < 1.29 is 23.5 Å². The molecule has 5 nitrogen and oxygen atoms in total. The van der Waals surface area contributed by atoms with Crippen molar-refractivity contribution in [3.8, 4) is 0 Å². The molecule has 1 aliphatic heterocycles. The second-order valence-corrected chi connectivity index (χ2v) is 7.84. The number of benzene rings is 2. The third kappa shape index (κ3) is 6.86. The maximum absolute atomic E-state index is 13.6. The van der Waals surface area contributed by atoms with Crippen LogP contribution in [0.5, 0.6) is 0 Å². The van der Waals surface area contributed by atoms with Crippen molar-refractivity contribution in [2.75, 3.05) is 19.7 Å². The van der Waals surface area contributed by atoms with Crippen molar-refractivity contribution in [2.24, 2.45) is 5.16 Å². The minimum Gasteiger partial charge on any atom is -0.390 e. The molecule has 2 aromatic carbocycles. The molecule has 2 aromatic rings. The molecular weight excluding hydrogens is 390 g/mol. The van der Waals surface area contributed by atoms with Crippen LogP contribution >= 0.6 is 0 Å². The number of halogens is 2. The second kappa shape index (κ2) is 10.6. The van der Waals surface area contributed by atoms with E-state index in [1.807, 2.05) is 24.8 Å². The van der Waals surface area contributed by atoms with Gasteiger partial charge in [-0.1, -0.05) is 29.4 Å². The van der Waals surface area contributed by atoms with Crippen molar-refractivity contribution >= 4 is 5.71 Å². The van der Waals surface area contributed by atoms with Crippen molar-refractivity contribution in [3.63, 3.8) is 0 Å². The Morgan fingerprint density at radius 1 is 1.17 bits per heavy atom. The summed E-state index contributed by atoms with van der Waals surface area (Å²) in [7, 11) is 0. The van der Waals surface area contributed by atoms with Gasteiger partial charge >= 0.3 is 0 Å². The molecule has 7 heteroatoms. The van der Waals surface area contributed by atoms with E-state index in [-0.39, 0.29) is 30.4 Å². The summed E-state index contributed by atoms with van der Waals surface area (Å²) in [6, 6.07) is 12.6. The quantitative estimate of drug-likeness (QED) is 0.639. The largest absolute Gasteiger partial charge is 0.390 e. The molecule has 0 aliphatic carbocycles. The third-order valence-electron chi connectivity index (χ3n) is 4.76. The van der Waals surface area contributed by atoms with Crippen LogP contribution in [0.4, 0.5) is 8.78 Å². The highest BCUT2D eigenvalue weighted by atomic mass is 19.1. The molecule has 3 rings (SSSR count). The van der Waals surface area contributed by atoms with E-state index >= 15 is 0 Å². The Morgan fingerprint density at radius 3 is 2.63 bits per heavy atom. The van der Waals surface area contributed by atoms with Crippen molar-refractivity contribution in [1.82, 2.24) is 4.90 Å². The number of aliphatic hydroxyl groups excluding tert-OH is 1. The van der Waals surface area contributed by atoms with Gasteiger partial charge in [0, 0.05) is 26.1 Å². The van der Waals surface area contributed by atoms with Crippen LogP contribution in [0.2, 0.25) is 0 Å². The van der Waals surface area contributed by atoms with Crippen LogP contribution in [0.3, 0.4) is 0 Å². The van der Waals surface area contributed by atoms with Gasteiger partial charge in [-0.25, -0.2) is 8.78 Å². The zero-order chi connectivity index (χ0) is 21.5. The number of hydrogen-bond acceptors (Lipinski definition) is 5. The van der Waals surface area contributed by atoms with Gasteiger partial charge in [-0.2, -0.15) is 0 Å². The van der Waals surface area contributed by atoms with E-state index in [1.165, 1.54) is 24.3 Å².